The van der Waals surface area contributed by atoms with Crippen molar-refractivity contribution in [2.24, 2.45) is 0 Å². The molecule has 2 nitrogen and oxygen atoms in total. The molecule has 2 heterocycles. The van der Waals surface area contributed by atoms with Crippen LogP contribution in [-0.4, -0.2) is 0 Å². The van der Waals surface area contributed by atoms with E-state index in [1.54, 1.807) is 0 Å². The minimum Gasteiger partial charge on any atom is -0.220 e. The molecule has 3 aliphatic rings. The summed E-state index contributed by atoms with van der Waals surface area (Å²) in [5.74, 6) is 0. The molecular weight excluding hydrogens is 248 g/mol. The molecule has 0 saturated heterocycles. The fourth-order valence-electron chi connectivity index (χ4n) is 3.97. The van der Waals surface area contributed by atoms with Gasteiger partial charge in [-0.25, -0.2) is 9.78 Å². The molecule has 108 valence electrons. The topological polar surface area (TPSA) is 18.5 Å². The van der Waals surface area contributed by atoms with Gasteiger partial charge in [0.15, 0.2) is 0 Å². The Hall–Kier alpha value is -1.12. The standard InChI is InChI=1S/C18H24O2/c1-9-10(2)12(4)16-15(11(9)3)17(7)13(5)14(6)18(16,8)20-19-17/h1-8H3. The van der Waals surface area contributed by atoms with Gasteiger partial charge in [0.2, 0.25) is 0 Å². The van der Waals surface area contributed by atoms with E-state index in [4.69, 9.17) is 9.78 Å². The van der Waals surface area contributed by atoms with Gasteiger partial charge in [-0.1, -0.05) is 0 Å². The van der Waals surface area contributed by atoms with Gasteiger partial charge >= 0.3 is 0 Å². The molecule has 0 fully saturated rings. The maximum Gasteiger partial charge on any atom is 0.147 e. The van der Waals surface area contributed by atoms with Crippen molar-refractivity contribution < 1.29 is 9.78 Å². The van der Waals surface area contributed by atoms with Crippen LogP contribution in [0.15, 0.2) is 11.1 Å². The third-order valence-electron chi connectivity index (χ3n) is 6.01. The molecule has 2 aliphatic heterocycles. The number of hydrogen-bond acceptors (Lipinski definition) is 2. The second kappa shape index (κ2) is 3.75. The number of rotatable bonds is 0. The highest BCUT2D eigenvalue weighted by atomic mass is 17.2. The minimum atomic E-state index is -0.454. The van der Waals surface area contributed by atoms with Crippen LogP contribution < -0.4 is 0 Å². The Bertz CT molecular complexity index is 612. The van der Waals surface area contributed by atoms with E-state index in [1.165, 1.54) is 44.5 Å². The van der Waals surface area contributed by atoms with Crippen LogP contribution in [0.5, 0.6) is 0 Å². The average Bonchev–Trinajstić information content (AvgIpc) is 2.41. The van der Waals surface area contributed by atoms with Gasteiger partial charge in [-0.3, -0.25) is 0 Å². The quantitative estimate of drug-likeness (QED) is 0.505. The number of fused-ring (bicyclic) bond motifs is 1. The van der Waals surface area contributed by atoms with Gasteiger partial charge in [0.1, 0.15) is 11.2 Å². The van der Waals surface area contributed by atoms with Crippen LogP contribution in [0, 0.1) is 27.7 Å². The molecule has 4 rings (SSSR count). The highest BCUT2D eigenvalue weighted by Gasteiger charge is 2.55. The summed E-state index contributed by atoms with van der Waals surface area (Å²) in [6.07, 6.45) is 0. The van der Waals surface area contributed by atoms with E-state index < -0.39 is 11.2 Å². The molecule has 1 aromatic rings. The lowest BCUT2D eigenvalue weighted by molar-refractivity contribution is -0.422. The molecule has 20 heavy (non-hydrogen) atoms. The molecule has 0 aromatic heterocycles. The molecule has 2 bridgehead atoms. The van der Waals surface area contributed by atoms with Crippen molar-refractivity contribution >= 4 is 0 Å². The summed E-state index contributed by atoms with van der Waals surface area (Å²) in [4.78, 5) is 11.7. The zero-order valence-corrected chi connectivity index (χ0v) is 13.8. The first-order valence-electron chi connectivity index (χ1n) is 7.32. The predicted octanol–water partition coefficient (Wildman–Crippen LogP) is 4.66. The van der Waals surface area contributed by atoms with Gasteiger partial charge in [0.05, 0.1) is 0 Å². The lowest BCUT2D eigenvalue weighted by Gasteiger charge is -2.52. The van der Waals surface area contributed by atoms with Gasteiger partial charge < -0.3 is 0 Å². The monoisotopic (exact) mass is 272 g/mol. The summed E-state index contributed by atoms with van der Waals surface area (Å²) < 4.78 is 0. The molecule has 0 amide bonds. The maximum absolute atomic E-state index is 5.85. The van der Waals surface area contributed by atoms with Crippen LogP contribution in [-0.2, 0) is 21.0 Å². The van der Waals surface area contributed by atoms with E-state index in [-0.39, 0.29) is 0 Å². The Balaban J connectivity index is 2.53. The molecule has 1 aliphatic carbocycles. The van der Waals surface area contributed by atoms with Crippen molar-refractivity contribution in [3.05, 3.63) is 44.5 Å². The molecule has 2 atom stereocenters. The van der Waals surface area contributed by atoms with Crippen LogP contribution in [0.25, 0.3) is 0 Å². The van der Waals surface area contributed by atoms with Crippen LogP contribution >= 0.6 is 0 Å². The smallest absolute Gasteiger partial charge is 0.147 e. The highest BCUT2D eigenvalue weighted by Crippen LogP contribution is 2.58. The lowest BCUT2D eigenvalue weighted by Crippen LogP contribution is -2.50. The van der Waals surface area contributed by atoms with Gasteiger partial charge in [-0.15, -0.1) is 0 Å². The summed E-state index contributed by atoms with van der Waals surface area (Å²) in [6, 6.07) is 0. The first-order chi connectivity index (χ1) is 9.16. The van der Waals surface area contributed by atoms with Crippen LogP contribution in [0.1, 0.15) is 61.1 Å². The Morgan fingerprint density at radius 3 is 1.15 bits per heavy atom. The lowest BCUT2D eigenvalue weighted by atomic mass is 9.65. The van der Waals surface area contributed by atoms with Gasteiger partial charge in [0.25, 0.3) is 0 Å². The summed E-state index contributed by atoms with van der Waals surface area (Å²) in [5, 5.41) is 0. The Labute approximate surface area is 121 Å². The van der Waals surface area contributed by atoms with Crippen molar-refractivity contribution in [3.63, 3.8) is 0 Å². The van der Waals surface area contributed by atoms with Crippen molar-refractivity contribution in [1.29, 1.82) is 0 Å². The normalized spacial score (nSPS) is 31.8. The highest BCUT2D eigenvalue weighted by molar-refractivity contribution is 5.62. The molecule has 0 radical (unpaired) electrons. The molecular formula is C18H24O2. The van der Waals surface area contributed by atoms with Crippen LogP contribution in [0.3, 0.4) is 0 Å². The molecule has 2 unspecified atom stereocenters. The van der Waals surface area contributed by atoms with Gasteiger partial charge in [-0.05, 0) is 88.8 Å². The van der Waals surface area contributed by atoms with E-state index in [9.17, 15) is 0 Å². The van der Waals surface area contributed by atoms with E-state index in [0.29, 0.717) is 0 Å². The maximum atomic E-state index is 5.85. The molecule has 0 spiro atoms. The van der Waals surface area contributed by atoms with E-state index in [0.717, 1.165) is 0 Å². The van der Waals surface area contributed by atoms with Gasteiger partial charge in [-0.2, -0.15) is 0 Å². The number of hydrogen-bond donors (Lipinski definition) is 0. The fraction of sp³-hybridized carbons (Fsp3) is 0.556. The van der Waals surface area contributed by atoms with Crippen molar-refractivity contribution in [1.82, 2.24) is 0 Å². The van der Waals surface area contributed by atoms with Crippen LogP contribution in [0.4, 0.5) is 0 Å². The zero-order chi connectivity index (χ0) is 15.0. The van der Waals surface area contributed by atoms with E-state index >= 15 is 0 Å². The SMILES string of the molecule is CC1=C(C)C2(C)OOC1(C)c1c(C)c(C)c(C)c(C)c12. The minimum absolute atomic E-state index is 0.454. The molecule has 2 heteroatoms. The molecule has 0 saturated carbocycles. The molecule has 0 N–H and O–H groups in total. The zero-order valence-electron chi connectivity index (χ0n) is 13.8. The second-order valence-corrected chi connectivity index (χ2v) is 6.73. The van der Waals surface area contributed by atoms with E-state index in [1.807, 2.05) is 0 Å². The third-order valence-corrected chi connectivity index (χ3v) is 6.01. The van der Waals surface area contributed by atoms with Crippen molar-refractivity contribution in [3.8, 4) is 0 Å². The Morgan fingerprint density at radius 2 is 0.850 bits per heavy atom. The molecule has 1 aromatic carbocycles. The fourth-order valence-corrected chi connectivity index (χ4v) is 3.97. The average molecular weight is 272 g/mol. The first-order valence-corrected chi connectivity index (χ1v) is 7.32. The third kappa shape index (κ3) is 1.27. The van der Waals surface area contributed by atoms with Crippen molar-refractivity contribution in [2.45, 2.75) is 66.6 Å². The summed E-state index contributed by atoms with van der Waals surface area (Å²) in [5.41, 5.74) is 9.70. The van der Waals surface area contributed by atoms with E-state index in [2.05, 4.69) is 55.4 Å². The summed E-state index contributed by atoms with van der Waals surface area (Å²) in [6.45, 7) is 17.4. The predicted molar refractivity (Wildman–Crippen MR) is 80.6 cm³/mol. The number of benzene rings is 1. The second-order valence-electron chi connectivity index (χ2n) is 6.73. The van der Waals surface area contributed by atoms with Crippen LogP contribution in [0.2, 0.25) is 0 Å². The summed E-state index contributed by atoms with van der Waals surface area (Å²) in [7, 11) is 0. The summed E-state index contributed by atoms with van der Waals surface area (Å²) >= 11 is 0. The Morgan fingerprint density at radius 1 is 0.550 bits per heavy atom. The van der Waals surface area contributed by atoms with Crippen molar-refractivity contribution in [2.75, 3.05) is 0 Å². The Kier molecular flexibility index (Phi) is 2.59. The largest absolute Gasteiger partial charge is 0.220 e. The first kappa shape index (κ1) is 13.8. The van der Waals surface area contributed by atoms with Gasteiger partial charge in [0, 0.05) is 11.1 Å².